The summed E-state index contributed by atoms with van der Waals surface area (Å²) in [6, 6.07) is 17.5. The van der Waals surface area contributed by atoms with Gasteiger partial charge in [0.2, 0.25) is 5.91 Å². The Balaban J connectivity index is 1.61. The van der Waals surface area contributed by atoms with Gasteiger partial charge in [0.25, 0.3) is 5.91 Å². The van der Waals surface area contributed by atoms with E-state index in [1.54, 1.807) is 36.3 Å². The molecule has 1 fully saturated rings. The van der Waals surface area contributed by atoms with Gasteiger partial charge in [0, 0.05) is 37.9 Å². The number of nitrogens with one attached hydrogen (secondary N) is 1. The van der Waals surface area contributed by atoms with Crippen molar-refractivity contribution in [3.63, 3.8) is 0 Å². The van der Waals surface area contributed by atoms with Gasteiger partial charge in [-0.3, -0.25) is 9.59 Å². The van der Waals surface area contributed by atoms with Crippen LogP contribution in [0.4, 0.5) is 0 Å². The van der Waals surface area contributed by atoms with Crippen LogP contribution in [0, 0.1) is 0 Å². The molecule has 2 aromatic carbocycles. The van der Waals surface area contributed by atoms with Crippen LogP contribution in [0.5, 0.6) is 0 Å². The van der Waals surface area contributed by atoms with Crippen molar-refractivity contribution in [2.75, 3.05) is 20.3 Å². The highest BCUT2D eigenvalue weighted by Gasteiger charge is 2.23. The summed E-state index contributed by atoms with van der Waals surface area (Å²) in [7, 11) is 1.63. The maximum Gasteiger partial charge on any atom is 0.251 e. The number of hydrogen-bond acceptors (Lipinski definition) is 3. The third-order valence-electron chi connectivity index (χ3n) is 4.60. The van der Waals surface area contributed by atoms with Crippen molar-refractivity contribution in [3.8, 4) is 0 Å². The number of methoxy groups -OCH3 is 1. The summed E-state index contributed by atoms with van der Waals surface area (Å²) in [5.74, 6) is -0.112. The second-order valence-electron chi connectivity index (χ2n) is 6.94. The molecule has 0 saturated heterocycles. The molecule has 0 atom stereocenters. The van der Waals surface area contributed by atoms with E-state index in [4.69, 9.17) is 4.74 Å². The van der Waals surface area contributed by atoms with E-state index in [1.165, 1.54) is 0 Å². The number of rotatable bonds is 9. The number of carbonyl (C=O) groups is 2. The number of amides is 2. The summed E-state index contributed by atoms with van der Waals surface area (Å²) in [4.78, 5) is 26.4. The maximum absolute atomic E-state index is 12.6. The average Bonchev–Trinajstić information content (AvgIpc) is 3.54. The minimum absolute atomic E-state index is 0.0392. The second kappa shape index (κ2) is 9.85. The zero-order valence-corrected chi connectivity index (χ0v) is 16.1. The highest BCUT2D eigenvalue weighted by molar-refractivity contribution is 5.95. The van der Waals surface area contributed by atoms with Gasteiger partial charge in [0.1, 0.15) is 0 Å². The Bertz CT molecular complexity index is 812. The predicted octanol–water partition coefficient (Wildman–Crippen LogP) is 3.27. The van der Waals surface area contributed by atoms with Gasteiger partial charge in [0.05, 0.1) is 6.61 Å². The first kappa shape index (κ1) is 19.8. The molecule has 5 nitrogen and oxygen atoms in total. The smallest absolute Gasteiger partial charge is 0.251 e. The lowest BCUT2D eigenvalue weighted by Crippen LogP contribution is -2.32. The van der Waals surface area contributed by atoms with Gasteiger partial charge < -0.3 is 15.0 Å². The molecule has 0 bridgehead atoms. The van der Waals surface area contributed by atoms with Crippen molar-refractivity contribution >= 4 is 17.9 Å². The van der Waals surface area contributed by atoms with Gasteiger partial charge in [-0.15, -0.1) is 0 Å². The molecule has 3 rings (SSSR count). The molecule has 1 saturated carbocycles. The van der Waals surface area contributed by atoms with Crippen molar-refractivity contribution in [3.05, 3.63) is 77.4 Å². The largest absolute Gasteiger partial charge is 0.383 e. The fourth-order valence-corrected chi connectivity index (χ4v) is 2.79. The first-order valence-corrected chi connectivity index (χ1v) is 9.56. The molecule has 0 aliphatic heterocycles. The van der Waals surface area contributed by atoms with Crippen LogP contribution in [0.3, 0.4) is 0 Å². The van der Waals surface area contributed by atoms with Crippen LogP contribution >= 0.6 is 0 Å². The summed E-state index contributed by atoms with van der Waals surface area (Å²) >= 11 is 0. The third-order valence-corrected chi connectivity index (χ3v) is 4.60. The Hall–Kier alpha value is -2.92. The van der Waals surface area contributed by atoms with E-state index in [-0.39, 0.29) is 11.8 Å². The molecule has 0 radical (unpaired) electrons. The summed E-state index contributed by atoms with van der Waals surface area (Å²) in [6.07, 6.45) is 5.47. The van der Waals surface area contributed by atoms with Gasteiger partial charge in [-0.1, -0.05) is 42.5 Å². The third kappa shape index (κ3) is 6.06. The minimum atomic E-state index is -0.0727. The zero-order valence-electron chi connectivity index (χ0n) is 16.1. The summed E-state index contributed by atoms with van der Waals surface area (Å²) in [5, 5.41) is 2.97. The zero-order chi connectivity index (χ0) is 19.8. The standard InChI is InChI=1S/C23H26N2O3/c1-28-16-15-25(17-19-5-3-2-4-6-19)22(26)14-9-18-7-10-20(11-8-18)23(27)24-21-12-13-21/h2-11,14,21H,12-13,15-17H2,1H3,(H,24,27)/b14-9+. The van der Waals surface area contributed by atoms with Gasteiger partial charge in [-0.2, -0.15) is 0 Å². The molecular formula is C23H26N2O3. The predicted molar refractivity (Wildman–Crippen MR) is 110 cm³/mol. The van der Waals surface area contributed by atoms with E-state index < -0.39 is 0 Å². The Morgan fingerprint density at radius 2 is 1.82 bits per heavy atom. The highest BCUT2D eigenvalue weighted by Crippen LogP contribution is 2.19. The minimum Gasteiger partial charge on any atom is -0.383 e. The Morgan fingerprint density at radius 1 is 1.11 bits per heavy atom. The van der Waals surface area contributed by atoms with E-state index in [0.717, 1.165) is 24.0 Å². The fourth-order valence-electron chi connectivity index (χ4n) is 2.79. The Morgan fingerprint density at radius 3 is 2.46 bits per heavy atom. The monoisotopic (exact) mass is 378 g/mol. The molecule has 146 valence electrons. The second-order valence-corrected chi connectivity index (χ2v) is 6.94. The van der Waals surface area contributed by atoms with Gasteiger partial charge >= 0.3 is 0 Å². The lowest BCUT2D eigenvalue weighted by molar-refractivity contribution is -0.127. The van der Waals surface area contributed by atoms with Crippen molar-refractivity contribution < 1.29 is 14.3 Å². The van der Waals surface area contributed by atoms with Crippen LogP contribution in [0.1, 0.15) is 34.3 Å². The van der Waals surface area contributed by atoms with Gasteiger partial charge in [0.15, 0.2) is 0 Å². The Labute approximate surface area is 166 Å². The van der Waals surface area contributed by atoms with Crippen molar-refractivity contribution in [1.82, 2.24) is 10.2 Å². The molecular weight excluding hydrogens is 352 g/mol. The van der Waals surface area contributed by atoms with Crippen LogP contribution in [0.15, 0.2) is 60.7 Å². The average molecular weight is 378 g/mol. The fraction of sp³-hybridized carbons (Fsp3) is 0.304. The normalized spacial score (nSPS) is 13.5. The first-order chi connectivity index (χ1) is 13.7. The number of carbonyl (C=O) groups excluding carboxylic acids is 2. The topological polar surface area (TPSA) is 58.6 Å². The summed E-state index contributed by atoms with van der Waals surface area (Å²) in [5.41, 5.74) is 2.59. The lowest BCUT2D eigenvalue weighted by Gasteiger charge is -2.21. The van der Waals surface area contributed by atoms with Crippen LogP contribution in [0.25, 0.3) is 6.08 Å². The van der Waals surface area contributed by atoms with E-state index >= 15 is 0 Å². The van der Waals surface area contributed by atoms with E-state index in [9.17, 15) is 9.59 Å². The molecule has 1 N–H and O–H groups in total. The molecule has 1 aliphatic rings. The first-order valence-electron chi connectivity index (χ1n) is 9.56. The van der Waals surface area contributed by atoms with Crippen LogP contribution in [-0.2, 0) is 16.1 Å². The lowest BCUT2D eigenvalue weighted by atomic mass is 10.1. The van der Waals surface area contributed by atoms with Gasteiger partial charge in [-0.05, 0) is 42.2 Å². The molecule has 5 heteroatoms. The summed E-state index contributed by atoms with van der Waals surface area (Å²) in [6.45, 7) is 1.54. The van der Waals surface area contributed by atoms with E-state index in [2.05, 4.69) is 5.32 Å². The molecule has 1 aliphatic carbocycles. The molecule has 28 heavy (non-hydrogen) atoms. The molecule has 2 aromatic rings. The number of hydrogen-bond donors (Lipinski definition) is 1. The van der Waals surface area contributed by atoms with Crippen LogP contribution in [0.2, 0.25) is 0 Å². The van der Waals surface area contributed by atoms with Crippen LogP contribution in [-0.4, -0.2) is 43.0 Å². The molecule has 0 aromatic heterocycles. The highest BCUT2D eigenvalue weighted by atomic mass is 16.5. The molecule has 0 heterocycles. The molecule has 2 amide bonds. The number of benzene rings is 2. The van der Waals surface area contributed by atoms with E-state index in [0.29, 0.717) is 31.3 Å². The van der Waals surface area contributed by atoms with Gasteiger partial charge in [-0.25, -0.2) is 0 Å². The van der Waals surface area contributed by atoms with Crippen molar-refractivity contribution in [1.29, 1.82) is 0 Å². The molecule has 0 spiro atoms. The van der Waals surface area contributed by atoms with Crippen molar-refractivity contribution in [2.45, 2.75) is 25.4 Å². The summed E-state index contributed by atoms with van der Waals surface area (Å²) < 4.78 is 5.13. The van der Waals surface area contributed by atoms with E-state index in [1.807, 2.05) is 42.5 Å². The SMILES string of the molecule is COCCN(Cc1ccccc1)C(=O)/C=C/c1ccc(C(=O)NC2CC2)cc1. The number of nitrogens with zero attached hydrogens (tertiary/aromatic N) is 1. The van der Waals surface area contributed by atoms with Crippen LogP contribution < -0.4 is 5.32 Å². The number of ether oxygens (including phenoxy) is 1. The maximum atomic E-state index is 12.6. The Kier molecular flexibility index (Phi) is 6.98. The quantitative estimate of drug-likeness (QED) is 0.682. The van der Waals surface area contributed by atoms with Crippen molar-refractivity contribution in [2.24, 2.45) is 0 Å². The molecule has 0 unspecified atom stereocenters.